The van der Waals surface area contributed by atoms with E-state index in [0.29, 0.717) is 6.08 Å². The van der Waals surface area contributed by atoms with Gasteiger partial charge in [-0.2, -0.15) is 17.9 Å². The number of carboxylic acid groups (broad SMARTS) is 1. The third kappa shape index (κ3) is 7.50. The van der Waals surface area contributed by atoms with E-state index in [0.717, 1.165) is 30.3 Å². The molecule has 1 aromatic carbocycles. The molecule has 27 heavy (non-hydrogen) atoms. The van der Waals surface area contributed by atoms with E-state index in [1.54, 1.807) is 4.72 Å². The number of halogens is 4. The summed E-state index contributed by atoms with van der Waals surface area (Å²) in [6, 6.07) is -0.460. The topological polar surface area (TPSA) is 153 Å². The molecule has 152 valence electrons. The number of alkyl halides is 3. The van der Waals surface area contributed by atoms with Crippen LogP contribution < -0.4 is 10.5 Å². The fourth-order valence-electron chi connectivity index (χ4n) is 1.67. The van der Waals surface area contributed by atoms with Crippen molar-refractivity contribution in [2.24, 2.45) is 5.73 Å². The maximum atomic E-state index is 12.3. The van der Waals surface area contributed by atoms with Crippen molar-refractivity contribution in [2.45, 2.75) is 29.6 Å². The molecule has 4 N–H and O–H groups in total. The Kier molecular flexibility index (Phi) is 8.85. The van der Waals surface area contributed by atoms with Crippen molar-refractivity contribution in [2.75, 3.05) is 0 Å². The van der Waals surface area contributed by atoms with Crippen LogP contribution in [0.15, 0.2) is 41.3 Å². The average Bonchev–Trinajstić information content (AvgIpc) is 2.52. The number of sulfonamides is 1. The van der Waals surface area contributed by atoms with Gasteiger partial charge in [0.25, 0.3) is 5.69 Å². The van der Waals surface area contributed by atoms with E-state index in [9.17, 15) is 36.5 Å². The molecule has 14 heteroatoms. The molecule has 0 spiro atoms. The van der Waals surface area contributed by atoms with Crippen LogP contribution in [-0.4, -0.2) is 42.7 Å². The Morgan fingerprint density at radius 1 is 1.33 bits per heavy atom. The maximum absolute atomic E-state index is 12.3. The summed E-state index contributed by atoms with van der Waals surface area (Å²) < 4.78 is 62.8. The first-order chi connectivity index (χ1) is 11.8. The zero-order valence-electron chi connectivity index (χ0n) is 13.3. The molecule has 1 rings (SSSR count). The number of nitrogens with two attached hydrogens (primary N) is 1. The van der Waals surface area contributed by atoms with Gasteiger partial charge in [0.05, 0.1) is 9.82 Å². The predicted octanol–water partition coefficient (Wildman–Crippen LogP) is 1.58. The van der Waals surface area contributed by atoms with E-state index in [2.05, 4.69) is 0 Å². The highest BCUT2D eigenvalue weighted by Crippen LogP contribution is 2.19. The lowest BCUT2D eigenvalue weighted by Crippen LogP contribution is -2.40. The van der Waals surface area contributed by atoms with E-state index in [-0.39, 0.29) is 18.1 Å². The number of nitro groups is 1. The summed E-state index contributed by atoms with van der Waals surface area (Å²) >= 11 is 0. The molecule has 1 aromatic rings. The van der Waals surface area contributed by atoms with Crippen LogP contribution in [0.4, 0.5) is 18.9 Å². The number of carboxylic acids is 1. The lowest BCUT2D eigenvalue weighted by molar-refractivity contribution is -0.384. The van der Waals surface area contributed by atoms with Crippen molar-refractivity contribution in [3.63, 3.8) is 0 Å². The second kappa shape index (κ2) is 9.64. The molecule has 0 saturated carbocycles. The van der Waals surface area contributed by atoms with Crippen LogP contribution in [0.5, 0.6) is 0 Å². The second-order valence-corrected chi connectivity index (χ2v) is 6.71. The molecule has 0 fully saturated rings. The Morgan fingerprint density at radius 3 is 2.26 bits per heavy atom. The van der Waals surface area contributed by atoms with Gasteiger partial charge in [0.2, 0.25) is 10.0 Å². The highest BCUT2D eigenvalue weighted by atomic mass is 35.5. The minimum atomic E-state index is -4.71. The lowest BCUT2D eigenvalue weighted by atomic mass is 10.2. The number of nitrogens with zero attached hydrogens (tertiary/aromatic N) is 1. The predicted molar refractivity (Wildman–Crippen MR) is 89.9 cm³/mol. The Morgan fingerprint density at radius 2 is 1.85 bits per heavy atom. The summed E-state index contributed by atoms with van der Waals surface area (Å²) in [5.41, 5.74) is 4.44. The first-order valence-electron chi connectivity index (χ1n) is 6.83. The highest BCUT2D eigenvalue weighted by Gasteiger charge is 2.34. The number of aliphatic carboxylic acids is 1. The van der Waals surface area contributed by atoms with Gasteiger partial charge in [-0.3, -0.25) is 14.9 Å². The van der Waals surface area contributed by atoms with E-state index < -0.39 is 50.5 Å². The number of nitrogens with one attached hydrogen (secondary N) is 1. The van der Waals surface area contributed by atoms with E-state index in [4.69, 9.17) is 10.8 Å². The maximum Gasteiger partial charge on any atom is 0.407 e. The first-order valence-corrected chi connectivity index (χ1v) is 8.31. The van der Waals surface area contributed by atoms with Crippen molar-refractivity contribution in [1.82, 2.24) is 4.72 Å². The monoisotopic (exact) mass is 433 g/mol. The minimum Gasteiger partial charge on any atom is -0.480 e. The van der Waals surface area contributed by atoms with Gasteiger partial charge in [0.1, 0.15) is 12.1 Å². The normalized spacial score (nSPS) is 14.4. The van der Waals surface area contributed by atoms with E-state index in [1.807, 2.05) is 0 Å². The van der Waals surface area contributed by atoms with Gasteiger partial charge in [-0.1, -0.05) is 12.2 Å². The number of hydrogen-bond acceptors (Lipinski definition) is 6. The molecule has 0 amide bonds. The largest absolute Gasteiger partial charge is 0.480 e. The number of benzene rings is 1. The van der Waals surface area contributed by atoms with Gasteiger partial charge in [-0.25, -0.2) is 8.42 Å². The van der Waals surface area contributed by atoms with Crippen molar-refractivity contribution < 1.29 is 36.4 Å². The molecular formula is C13H15ClF3N3O6S. The van der Waals surface area contributed by atoms with Crippen molar-refractivity contribution in [3.05, 3.63) is 46.5 Å². The average molecular weight is 434 g/mol. The summed E-state index contributed by atoms with van der Waals surface area (Å²) in [4.78, 5) is 20.5. The lowest BCUT2D eigenvalue weighted by Gasteiger charge is -2.14. The molecule has 0 aromatic heterocycles. The molecule has 0 saturated heterocycles. The summed E-state index contributed by atoms with van der Waals surface area (Å²) in [6.07, 6.45) is -4.00. The second-order valence-electron chi connectivity index (χ2n) is 4.99. The van der Waals surface area contributed by atoms with Gasteiger partial charge in [0.15, 0.2) is 0 Å². The quantitative estimate of drug-likeness (QED) is 0.319. The van der Waals surface area contributed by atoms with Crippen molar-refractivity contribution >= 4 is 34.1 Å². The van der Waals surface area contributed by atoms with Crippen LogP contribution in [0.1, 0.15) is 6.42 Å². The Labute approximate surface area is 157 Å². The number of nitro benzene ring substituents is 1. The van der Waals surface area contributed by atoms with Crippen molar-refractivity contribution in [3.8, 4) is 0 Å². The van der Waals surface area contributed by atoms with Gasteiger partial charge in [0, 0.05) is 12.1 Å². The third-order valence-corrected chi connectivity index (χ3v) is 4.53. The first kappa shape index (κ1) is 24.8. The van der Waals surface area contributed by atoms with Crippen molar-refractivity contribution in [1.29, 1.82) is 0 Å². The molecule has 2 atom stereocenters. The van der Waals surface area contributed by atoms with Crippen LogP contribution in [0.2, 0.25) is 0 Å². The fraction of sp³-hybridized carbons (Fsp3) is 0.308. The molecule has 0 aliphatic carbocycles. The smallest absolute Gasteiger partial charge is 0.407 e. The summed E-state index contributed by atoms with van der Waals surface area (Å²) in [7, 11) is -4.37. The number of rotatable bonds is 8. The van der Waals surface area contributed by atoms with Gasteiger partial charge >= 0.3 is 12.1 Å². The fourth-order valence-corrected chi connectivity index (χ4v) is 2.87. The molecule has 9 nitrogen and oxygen atoms in total. The zero-order chi connectivity index (χ0) is 20.1. The van der Waals surface area contributed by atoms with Crippen LogP contribution in [0.3, 0.4) is 0 Å². The molecule has 0 aliphatic rings. The Hall–Kier alpha value is -2.22. The van der Waals surface area contributed by atoms with Crippen LogP contribution in [0.25, 0.3) is 0 Å². The highest BCUT2D eigenvalue weighted by molar-refractivity contribution is 7.89. The molecule has 0 radical (unpaired) electrons. The summed E-state index contributed by atoms with van der Waals surface area (Å²) in [5, 5.41) is 19.6. The summed E-state index contributed by atoms with van der Waals surface area (Å²) in [5.74, 6) is -1.62. The molecule has 0 unspecified atom stereocenters. The molecular weight excluding hydrogens is 419 g/mol. The molecule has 0 heterocycles. The zero-order valence-corrected chi connectivity index (χ0v) is 14.9. The Balaban J connectivity index is 0.00000676. The van der Waals surface area contributed by atoms with E-state index >= 15 is 0 Å². The number of carbonyl (C=O) groups is 1. The molecule has 0 aliphatic heterocycles. The molecule has 0 bridgehead atoms. The van der Waals surface area contributed by atoms with Crippen LogP contribution in [0, 0.1) is 10.1 Å². The standard InChI is InChI=1S/C13H14F3N3O6S.ClH/c14-13(15,16)11(17)3-1-2-10(12(20)21)18-26(24,25)9-6-4-8(5-7-9)19(22)23;/h1,3-7,10-11,18H,2,17H2,(H,20,21);1H/b3-1+;/t10-,11+;/m0./s1. The van der Waals surface area contributed by atoms with E-state index in [1.165, 1.54) is 0 Å². The van der Waals surface area contributed by atoms with Gasteiger partial charge in [-0.05, 0) is 18.6 Å². The minimum absolute atomic E-state index is 0. The Bertz CT molecular complexity index is 799. The van der Waals surface area contributed by atoms with Crippen LogP contribution >= 0.6 is 12.4 Å². The third-order valence-electron chi connectivity index (χ3n) is 3.05. The van der Waals surface area contributed by atoms with Gasteiger partial charge < -0.3 is 10.8 Å². The SMILES string of the molecule is Cl.N[C@H](/C=C/C[C@H](NS(=O)(=O)c1ccc([N+](=O)[O-])cc1)C(=O)O)C(F)(F)F. The number of non-ortho nitro benzene ring substituents is 1. The summed E-state index contributed by atoms with van der Waals surface area (Å²) in [6.45, 7) is 0. The van der Waals surface area contributed by atoms with Gasteiger partial charge in [-0.15, -0.1) is 12.4 Å². The van der Waals surface area contributed by atoms with Crippen LogP contribution in [-0.2, 0) is 14.8 Å². The number of hydrogen-bond donors (Lipinski definition) is 3.